The minimum absolute atomic E-state index is 0.0415. The minimum atomic E-state index is -0.178. The van der Waals surface area contributed by atoms with Crippen LogP contribution in [0.2, 0.25) is 0 Å². The molecule has 6 heteroatoms. The lowest BCUT2D eigenvalue weighted by molar-refractivity contribution is -0.932. The lowest BCUT2D eigenvalue weighted by Gasteiger charge is -2.37. The molecule has 0 aliphatic carbocycles. The molecule has 0 unspecified atom stereocenters. The Bertz CT molecular complexity index is 710. The molecular weight excluding hydrogens is 333 g/mol. The van der Waals surface area contributed by atoms with E-state index in [0.29, 0.717) is 12.2 Å². The van der Waals surface area contributed by atoms with Gasteiger partial charge in [0.2, 0.25) is 5.91 Å². The average Bonchev–Trinajstić information content (AvgIpc) is 3.17. The minimum Gasteiger partial charge on any atom is -0.463 e. The SMILES string of the molecule is CC(C)C(=O)NC[C@@H](c1ccco1)[NH+]1CCN(c2ccccc2F)CC1. The van der Waals surface area contributed by atoms with E-state index < -0.39 is 0 Å². The predicted molar refractivity (Wildman–Crippen MR) is 98.6 cm³/mol. The van der Waals surface area contributed by atoms with Gasteiger partial charge < -0.3 is 19.5 Å². The zero-order chi connectivity index (χ0) is 18.5. The number of halogens is 1. The second-order valence-corrected chi connectivity index (χ2v) is 7.06. The summed E-state index contributed by atoms with van der Waals surface area (Å²) in [5.41, 5.74) is 0.661. The highest BCUT2D eigenvalue weighted by molar-refractivity contribution is 5.77. The van der Waals surface area contributed by atoms with Gasteiger partial charge in [-0.15, -0.1) is 0 Å². The summed E-state index contributed by atoms with van der Waals surface area (Å²) in [6.45, 7) is 7.57. The summed E-state index contributed by atoms with van der Waals surface area (Å²) < 4.78 is 19.7. The van der Waals surface area contributed by atoms with E-state index in [0.717, 1.165) is 31.9 Å². The van der Waals surface area contributed by atoms with Crippen LogP contribution in [0, 0.1) is 11.7 Å². The van der Waals surface area contributed by atoms with Gasteiger partial charge >= 0.3 is 0 Å². The molecule has 0 saturated carbocycles. The van der Waals surface area contributed by atoms with Crippen LogP contribution >= 0.6 is 0 Å². The Hall–Kier alpha value is -2.34. The molecule has 0 bridgehead atoms. The Morgan fingerprint density at radius 3 is 2.58 bits per heavy atom. The molecule has 1 amide bonds. The molecule has 1 saturated heterocycles. The largest absolute Gasteiger partial charge is 0.463 e. The fourth-order valence-corrected chi connectivity index (χ4v) is 3.43. The summed E-state index contributed by atoms with van der Waals surface area (Å²) in [6.07, 6.45) is 1.67. The number of amides is 1. The summed E-state index contributed by atoms with van der Waals surface area (Å²) in [5.74, 6) is 0.706. The quantitative estimate of drug-likeness (QED) is 0.823. The van der Waals surface area contributed by atoms with E-state index in [1.165, 1.54) is 11.0 Å². The Balaban J connectivity index is 1.65. The summed E-state index contributed by atoms with van der Waals surface area (Å²) in [4.78, 5) is 15.4. The van der Waals surface area contributed by atoms with Gasteiger partial charge in [-0.2, -0.15) is 0 Å². The first-order valence-electron chi connectivity index (χ1n) is 9.21. The molecule has 2 heterocycles. The number of furan rings is 1. The van der Waals surface area contributed by atoms with E-state index >= 15 is 0 Å². The number of para-hydroxylation sites is 1. The van der Waals surface area contributed by atoms with E-state index in [-0.39, 0.29) is 23.7 Å². The van der Waals surface area contributed by atoms with Crippen LogP contribution in [0.4, 0.5) is 10.1 Å². The topological polar surface area (TPSA) is 49.9 Å². The van der Waals surface area contributed by atoms with Crippen molar-refractivity contribution in [3.8, 4) is 0 Å². The van der Waals surface area contributed by atoms with Crippen molar-refractivity contribution in [3.63, 3.8) is 0 Å². The molecule has 0 spiro atoms. The molecule has 1 aliphatic rings. The van der Waals surface area contributed by atoms with Gasteiger partial charge in [-0.25, -0.2) is 4.39 Å². The normalized spacial score (nSPS) is 16.7. The van der Waals surface area contributed by atoms with Gasteiger partial charge in [-0.3, -0.25) is 4.79 Å². The molecule has 1 aromatic carbocycles. The van der Waals surface area contributed by atoms with Crippen LogP contribution in [0.5, 0.6) is 0 Å². The number of rotatable bonds is 6. The van der Waals surface area contributed by atoms with Crippen LogP contribution in [-0.2, 0) is 4.79 Å². The van der Waals surface area contributed by atoms with Gasteiger partial charge in [0, 0.05) is 5.92 Å². The van der Waals surface area contributed by atoms with Gasteiger partial charge in [-0.1, -0.05) is 26.0 Å². The van der Waals surface area contributed by atoms with Crippen LogP contribution in [-0.4, -0.2) is 38.6 Å². The first-order valence-corrected chi connectivity index (χ1v) is 9.21. The number of anilines is 1. The fourth-order valence-electron chi connectivity index (χ4n) is 3.43. The second-order valence-electron chi connectivity index (χ2n) is 7.06. The molecule has 1 atom stereocenters. The molecule has 1 aliphatic heterocycles. The summed E-state index contributed by atoms with van der Waals surface area (Å²) in [6, 6.07) is 10.8. The van der Waals surface area contributed by atoms with E-state index in [1.54, 1.807) is 12.3 Å². The maximum atomic E-state index is 14.0. The van der Waals surface area contributed by atoms with Crippen molar-refractivity contribution in [2.75, 3.05) is 37.6 Å². The van der Waals surface area contributed by atoms with Crippen molar-refractivity contribution in [1.29, 1.82) is 0 Å². The van der Waals surface area contributed by atoms with Crippen LogP contribution in [0.25, 0.3) is 0 Å². The maximum Gasteiger partial charge on any atom is 0.222 e. The van der Waals surface area contributed by atoms with E-state index in [1.807, 2.05) is 38.1 Å². The summed E-state index contributed by atoms with van der Waals surface area (Å²) in [7, 11) is 0. The Kier molecular flexibility index (Phi) is 5.93. The van der Waals surface area contributed by atoms with Crippen LogP contribution in [0.3, 0.4) is 0 Å². The van der Waals surface area contributed by atoms with E-state index in [9.17, 15) is 9.18 Å². The van der Waals surface area contributed by atoms with Gasteiger partial charge in [0.1, 0.15) is 5.82 Å². The highest BCUT2D eigenvalue weighted by Crippen LogP contribution is 2.19. The highest BCUT2D eigenvalue weighted by atomic mass is 19.1. The number of piperazine rings is 1. The molecule has 2 aromatic rings. The van der Waals surface area contributed by atoms with E-state index in [4.69, 9.17) is 4.42 Å². The number of nitrogens with zero attached hydrogens (tertiary/aromatic N) is 1. The highest BCUT2D eigenvalue weighted by Gasteiger charge is 2.31. The van der Waals surface area contributed by atoms with Gasteiger partial charge in [0.15, 0.2) is 11.8 Å². The van der Waals surface area contributed by atoms with Crippen molar-refractivity contribution in [3.05, 3.63) is 54.2 Å². The average molecular weight is 360 g/mol. The monoisotopic (exact) mass is 360 g/mol. The smallest absolute Gasteiger partial charge is 0.222 e. The first-order chi connectivity index (χ1) is 12.6. The van der Waals surface area contributed by atoms with Crippen molar-refractivity contribution in [2.45, 2.75) is 19.9 Å². The molecule has 5 nitrogen and oxygen atoms in total. The van der Waals surface area contributed by atoms with Gasteiger partial charge in [-0.05, 0) is 24.3 Å². The van der Waals surface area contributed by atoms with Crippen molar-refractivity contribution in [1.82, 2.24) is 5.32 Å². The maximum absolute atomic E-state index is 14.0. The predicted octanol–water partition coefficient (Wildman–Crippen LogP) is 1.64. The van der Waals surface area contributed by atoms with Crippen LogP contribution in [0.1, 0.15) is 25.6 Å². The standard InChI is InChI=1S/C20H26FN3O2/c1-15(2)20(25)22-14-18(19-8-5-13-26-19)24-11-9-23(10-12-24)17-7-4-3-6-16(17)21/h3-8,13,15,18H,9-12,14H2,1-2H3,(H,22,25)/p+1/t18-/m0/s1. The molecular formula is C20H27FN3O2+. The number of quaternary nitrogens is 1. The Morgan fingerprint density at radius 2 is 1.96 bits per heavy atom. The molecule has 0 radical (unpaired) electrons. The molecule has 26 heavy (non-hydrogen) atoms. The van der Waals surface area contributed by atoms with Crippen LogP contribution < -0.4 is 15.1 Å². The molecule has 3 rings (SSSR count). The number of carbonyl (C=O) groups excluding carboxylic acids is 1. The number of hydrogen-bond acceptors (Lipinski definition) is 3. The number of carbonyl (C=O) groups is 1. The Morgan fingerprint density at radius 1 is 1.23 bits per heavy atom. The number of nitrogens with one attached hydrogen (secondary N) is 2. The summed E-state index contributed by atoms with van der Waals surface area (Å²) in [5, 5.41) is 3.03. The molecule has 2 N–H and O–H groups in total. The Labute approximate surface area is 153 Å². The van der Waals surface area contributed by atoms with Crippen LogP contribution in [0.15, 0.2) is 47.1 Å². The second kappa shape index (κ2) is 8.36. The van der Waals surface area contributed by atoms with Crippen molar-refractivity contribution in [2.24, 2.45) is 5.92 Å². The lowest BCUT2D eigenvalue weighted by Crippen LogP contribution is -3.15. The first kappa shape index (κ1) is 18.5. The van der Waals surface area contributed by atoms with Gasteiger partial charge in [0.25, 0.3) is 0 Å². The van der Waals surface area contributed by atoms with E-state index in [2.05, 4.69) is 10.2 Å². The lowest BCUT2D eigenvalue weighted by atomic mass is 10.1. The third kappa shape index (κ3) is 4.25. The van der Waals surface area contributed by atoms with Gasteiger partial charge in [0.05, 0.1) is 44.7 Å². The summed E-state index contributed by atoms with van der Waals surface area (Å²) >= 11 is 0. The number of benzene rings is 1. The third-order valence-corrected chi connectivity index (χ3v) is 4.98. The van der Waals surface area contributed by atoms with Crippen molar-refractivity contribution >= 4 is 11.6 Å². The third-order valence-electron chi connectivity index (χ3n) is 4.98. The van der Waals surface area contributed by atoms with Crippen molar-refractivity contribution < 1.29 is 18.5 Å². The fraction of sp³-hybridized carbons (Fsp3) is 0.450. The number of hydrogen-bond donors (Lipinski definition) is 2. The zero-order valence-corrected chi connectivity index (χ0v) is 15.4. The molecule has 1 aromatic heterocycles. The molecule has 1 fully saturated rings. The zero-order valence-electron chi connectivity index (χ0n) is 15.4. The molecule has 140 valence electrons.